The van der Waals surface area contributed by atoms with Gasteiger partial charge in [0.2, 0.25) is 0 Å². The van der Waals surface area contributed by atoms with E-state index in [1.54, 1.807) is 38.5 Å². The molecule has 0 bridgehead atoms. The molecule has 1 unspecified atom stereocenters. The van der Waals surface area contributed by atoms with Crippen LogP contribution in [0.3, 0.4) is 0 Å². The van der Waals surface area contributed by atoms with E-state index in [0.29, 0.717) is 15.1 Å². The van der Waals surface area contributed by atoms with Gasteiger partial charge in [-0.15, -0.1) is 0 Å². The average molecular weight is 404 g/mol. The van der Waals surface area contributed by atoms with Crippen LogP contribution in [-0.2, 0) is 16.4 Å². The van der Waals surface area contributed by atoms with Crippen molar-refractivity contribution in [2.45, 2.75) is 25.3 Å². The van der Waals surface area contributed by atoms with Gasteiger partial charge in [-0.05, 0) is 43.3 Å². The number of methoxy groups -OCH3 is 1. The highest BCUT2D eigenvalue weighted by Crippen LogP contribution is 2.33. The summed E-state index contributed by atoms with van der Waals surface area (Å²) < 4.78 is 36.3. The quantitative estimate of drug-likeness (QED) is 0.571. The Morgan fingerprint density at radius 1 is 1.14 bits per heavy atom. The van der Waals surface area contributed by atoms with E-state index in [1.807, 2.05) is 24.3 Å². The van der Waals surface area contributed by atoms with Gasteiger partial charge in [-0.25, -0.2) is 8.42 Å². The molecule has 0 fully saturated rings. The van der Waals surface area contributed by atoms with Crippen LogP contribution in [0.15, 0.2) is 58.0 Å². The van der Waals surface area contributed by atoms with E-state index in [-0.39, 0.29) is 5.75 Å². The smallest absolute Gasteiger partial charge is 0.296 e. The zero-order valence-corrected chi connectivity index (χ0v) is 17.5. The molecule has 1 N–H and O–H groups in total. The van der Waals surface area contributed by atoms with Crippen molar-refractivity contribution in [3.05, 3.63) is 54.4 Å². The number of aromatic nitrogens is 1. The first-order chi connectivity index (χ1) is 13.3. The number of aromatic amines is 1. The van der Waals surface area contributed by atoms with Crippen molar-refractivity contribution < 1.29 is 17.6 Å². The predicted molar refractivity (Wildman–Crippen MR) is 111 cm³/mol. The molecule has 1 atom stereocenters. The zero-order chi connectivity index (χ0) is 20.4. The summed E-state index contributed by atoms with van der Waals surface area (Å²) in [6.45, 7) is 5.35. The first-order valence-corrected chi connectivity index (χ1v) is 11.0. The lowest BCUT2D eigenvalue weighted by atomic mass is 10.1. The highest BCUT2D eigenvalue weighted by Gasteiger charge is 2.27. The molecule has 2 aromatic heterocycles. The summed E-state index contributed by atoms with van der Waals surface area (Å²) in [5.41, 5.74) is 2.58. The number of benzene rings is 1. The third-order valence-electron chi connectivity index (χ3n) is 5.20. The SMILES string of the molecule is CC[N+](C)(Cc1ccc(-c2cc(S(=O)(=O)CC)ccc2OC)[nH]1)c1ccco1. The van der Waals surface area contributed by atoms with Crippen LogP contribution >= 0.6 is 0 Å². The lowest BCUT2D eigenvalue weighted by molar-refractivity contribution is 0.279. The van der Waals surface area contributed by atoms with Gasteiger partial charge in [-0.1, -0.05) is 6.92 Å². The van der Waals surface area contributed by atoms with E-state index in [9.17, 15) is 8.42 Å². The summed E-state index contributed by atoms with van der Waals surface area (Å²) in [6.07, 6.45) is 1.69. The van der Waals surface area contributed by atoms with Gasteiger partial charge in [-0.3, -0.25) is 4.48 Å². The second kappa shape index (κ2) is 7.85. The summed E-state index contributed by atoms with van der Waals surface area (Å²) in [7, 11) is 0.407. The van der Waals surface area contributed by atoms with E-state index in [1.165, 1.54) is 0 Å². The molecule has 2 heterocycles. The van der Waals surface area contributed by atoms with Crippen molar-refractivity contribution in [2.24, 2.45) is 0 Å². The Morgan fingerprint density at radius 2 is 1.93 bits per heavy atom. The van der Waals surface area contributed by atoms with Gasteiger partial charge >= 0.3 is 0 Å². The maximum Gasteiger partial charge on any atom is 0.296 e. The van der Waals surface area contributed by atoms with Crippen molar-refractivity contribution in [2.75, 3.05) is 26.5 Å². The van der Waals surface area contributed by atoms with Gasteiger partial charge in [0.15, 0.2) is 9.84 Å². The monoisotopic (exact) mass is 403 g/mol. The van der Waals surface area contributed by atoms with Gasteiger partial charge in [0.1, 0.15) is 12.3 Å². The molecule has 0 spiro atoms. The molecule has 3 aromatic rings. The van der Waals surface area contributed by atoms with E-state index in [4.69, 9.17) is 9.15 Å². The lowest BCUT2D eigenvalue weighted by Gasteiger charge is -2.29. The van der Waals surface area contributed by atoms with Crippen LogP contribution in [0.25, 0.3) is 11.3 Å². The molecule has 0 amide bonds. The van der Waals surface area contributed by atoms with Crippen molar-refractivity contribution in [3.63, 3.8) is 0 Å². The van der Waals surface area contributed by atoms with Crippen molar-refractivity contribution in [1.29, 1.82) is 0 Å². The molecular weight excluding hydrogens is 376 g/mol. The highest BCUT2D eigenvalue weighted by atomic mass is 32.2. The van der Waals surface area contributed by atoms with Crippen molar-refractivity contribution >= 4 is 15.7 Å². The number of ether oxygens (including phenoxy) is 1. The number of hydrogen-bond donors (Lipinski definition) is 1. The number of quaternary nitrogens is 1. The maximum absolute atomic E-state index is 12.3. The third-order valence-corrected chi connectivity index (χ3v) is 6.93. The highest BCUT2D eigenvalue weighted by molar-refractivity contribution is 7.91. The zero-order valence-electron chi connectivity index (χ0n) is 16.7. The molecule has 0 aliphatic heterocycles. The largest absolute Gasteiger partial charge is 0.496 e. The number of furan rings is 1. The predicted octanol–water partition coefficient (Wildman–Crippen LogP) is 4.23. The van der Waals surface area contributed by atoms with Gasteiger partial charge in [0.25, 0.3) is 5.88 Å². The number of nitrogens with one attached hydrogen (secondary N) is 1. The Labute approximate surface area is 166 Å². The fourth-order valence-corrected chi connectivity index (χ4v) is 4.15. The Morgan fingerprint density at radius 3 is 2.54 bits per heavy atom. The minimum Gasteiger partial charge on any atom is -0.496 e. The fourth-order valence-electron chi connectivity index (χ4n) is 3.25. The molecule has 7 heteroatoms. The molecule has 3 rings (SSSR count). The molecule has 0 saturated heterocycles. The molecule has 0 aliphatic rings. The minimum atomic E-state index is -3.29. The number of sulfone groups is 1. The van der Waals surface area contributed by atoms with Crippen LogP contribution < -0.4 is 9.22 Å². The minimum absolute atomic E-state index is 0.0597. The summed E-state index contributed by atoms with van der Waals surface area (Å²) in [5.74, 6) is 1.58. The number of hydrogen-bond acceptors (Lipinski definition) is 4. The number of H-pyrrole nitrogens is 1. The van der Waals surface area contributed by atoms with E-state index in [0.717, 1.165) is 35.9 Å². The Bertz CT molecular complexity index is 1040. The first kappa shape index (κ1) is 20.2. The molecular formula is C21H27N2O4S+. The average Bonchev–Trinajstić information content (AvgIpc) is 3.39. The lowest BCUT2D eigenvalue weighted by Crippen LogP contribution is -2.43. The van der Waals surface area contributed by atoms with Crippen LogP contribution in [-0.4, -0.2) is 39.9 Å². The topological polar surface area (TPSA) is 72.3 Å². The number of nitrogens with zero attached hydrogens (tertiary/aromatic N) is 1. The summed E-state index contributed by atoms with van der Waals surface area (Å²) in [6, 6.07) is 12.8. The molecule has 28 heavy (non-hydrogen) atoms. The first-order valence-electron chi connectivity index (χ1n) is 9.30. The second-order valence-corrected chi connectivity index (χ2v) is 9.26. The third kappa shape index (κ3) is 3.86. The van der Waals surface area contributed by atoms with E-state index >= 15 is 0 Å². The van der Waals surface area contributed by atoms with Crippen molar-refractivity contribution in [3.8, 4) is 17.0 Å². The van der Waals surface area contributed by atoms with E-state index < -0.39 is 9.84 Å². The second-order valence-electron chi connectivity index (χ2n) is 6.98. The fraction of sp³-hybridized carbons (Fsp3) is 0.333. The standard InChI is InChI=1S/C21H27N2O4S/c1-5-23(3,21-8-7-13-27-21)15-16-9-11-19(22-16)18-14-17(28(24,25)6-2)10-12-20(18)26-4/h7-14,22H,5-6,15H2,1-4H3/q+1. The Hall–Kier alpha value is -2.51. The normalized spacial score (nSPS) is 14.0. The van der Waals surface area contributed by atoms with Crippen LogP contribution in [0.4, 0.5) is 5.88 Å². The summed E-state index contributed by atoms with van der Waals surface area (Å²) in [4.78, 5) is 3.72. The summed E-state index contributed by atoms with van der Waals surface area (Å²) >= 11 is 0. The number of rotatable bonds is 8. The Balaban J connectivity index is 1.96. The van der Waals surface area contributed by atoms with Gasteiger partial charge in [-0.2, -0.15) is 0 Å². The van der Waals surface area contributed by atoms with Crippen LogP contribution in [0.5, 0.6) is 5.75 Å². The molecule has 0 saturated carbocycles. The van der Waals surface area contributed by atoms with Crippen LogP contribution in [0.2, 0.25) is 0 Å². The van der Waals surface area contributed by atoms with Gasteiger partial charge in [0, 0.05) is 17.3 Å². The molecule has 0 aliphatic carbocycles. The van der Waals surface area contributed by atoms with Gasteiger partial charge < -0.3 is 14.1 Å². The molecule has 150 valence electrons. The Kier molecular flexibility index (Phi) is 5.67. The molecule has 1 aromatic carbocycles. The summed E-state index contributed by atoms with van der Waals surface area (Å²) in [5, 5.41) is 0. The van der Waals surface area contributed by atoms with Crippen LogP contribution in [0.1, 0.15) is 19.5 Å². The van der Waals surface area contributed by atoms with Gasteiger partial charge in [0.05, 0.1) is 43.3 Å². The van der Waals surface area contributed by atoms with E-state index in [2.05, 4.69) is 19.0 Å². The van der Waals surface area contributed by atoms with Crippen molar-refractivity contribution in [1.82, 2.24) is 9.47 Å². The maximum atomic E-state index is 12.3. The molecule has 6 nitrogen and oxygen atoms in total. The van der Waals surface area contributed by atoms with Crippen LogP contribution in [0, 0.1) is 0 Å². The molecule has 0 radical (unpaired) electrons.